The lowest BCUT2D eigenvalue weighted by Crippen LogP contribution is -2.47. The average molecular weight is 324 g/mol. The van der Waals surface area contributed by atoms with Crippen LogP contribution < -0.4 is 10.0 Å². The number of nitrogens with one attached hydrogen (secondary N) is 2. The maximum Gasteiger partial charge on any atom is 0.261 e. The zero-order chi connectivity index (χ0) is 12.7. The summed E-state index contributed by atoms with van der Waals surface area (Å²) in [7, 11) is -2.08. The molecule has 2 rings (SSSR count). The van der Waals surface area contributed by atoms with Crippen molar-refractivity contribution in [2.75, 3.05) is 13.1 Å². The van der Waals surface area contributed by atoms with Crippen LogP contribution >= 0.6 is 15.9 Å². The Kier molecular flexibility index (Phi) is 3.27. The summed E-state index contributed by atoms with van der Waals surface area (Å²) in [5.74, 6) is 0. The van der Waals surface area contributed by atoms with Gasteiger partial charge in [0.1, 0.15) is 0 Å². The molecule has 0 saturated carbocycles. The van der Waals surface area contributed by atoms with Gasteiger partial charge in [-0.3, -0.25) is 0 Å². The third-order valence-corrected chi connectivity index (χ3v) is 5.27. The normalized spacial score (nSPS) is 25.4. The van der Waals surface area contributed by atoms with Gasteiger partial charge in [0.15, 0.2) is 4.60 Å². The Morgan fingerprint density at radius 2 is 2.29 bits per heavy atom. The first-order valence-corrected chi connectivity index (χ1v) is 7.42. The van der Waals surface area contributed by atoms with Gasteiger partial charge in [0, 0.05) is 19.1 Å². The van der Waals surface area contributed by atoms with E-state index in [-0.39, 0.29) is 9.63 Å². The van der Waals surface area contributed by atoms with E-state index in [0.29, 0.717) is 6.54 Å². The monoisotopic (exact) mass is 323 g/mol. The molecule has 1 fully saturated rings. The van der Waals surface area contributed by atoms with E-state index < -0.39 is 15.6 Å². The molecule has 2 N–H and O–H groups in total. The molecule has 1 atom stereocenters. The largest absolute Gasteiger partial charge is 0.315 e. The molecule has 96 valence electrons. The Hall–Kier alpha value is -0.510. The highest BCUT2D eigenvalue weighted by molar-refractivity contribution is 9.10. The van der Waals surface area contributed by atoms with Crippen LogP contribution in [0.25, 0.3) is 0 Å². The standard InChI is InChI=1S/C8H14BrN5O2S/c1-8(3-4-10-5-8)12-17(15,16)7-6(9)11-13-14(7)2/h10,12H,3-5H2,1-2H3. The summed E-state index contributed by atoms with van der Waals surface area (Å²) in [5.41, 5.74) is -0.456. The van der Waals surface area contributed by atoms with E-state index in [4.69, 9.17) is 0 Å². The predicted molar refractivity (Wildman–Crippen MR) is 64.9 cm³/mol. The number of hydrogen-bond donors (Lipinski definition) is 2. The molecule has 1 aliphatic rings. The molecule has 0 radical (unpaired) electrons. The second kappa shape index (κ2) is 4.30. The Bertz CT molecular complexity index is 501. The van der Waals surface area contributed by atoms with Crippen LogP contribution in [-0.2, 0) is 17.1 Å². The SMILES string of the molecule is Cn1nnc(Br)c1S(=O)(=O)NC1(C)CCNC1. The van der Waals surface area contributed by atoms with E-state index in [9.17, 15) is 8.42 Å². The molecule has 1 unspecified atom stereocenters. The highest BCUT2D eigenvalue weighted by Crippen LogP contribution is 2.22. The van der Waals surface area contributed by atoms with E-state index in [1.165, 1.54) is 4.68 Å². The Balaban J connectivity index is 2.31. The molecule has 1 saturated heterocycles. The molecule has 1 aromatic heterocycles. The van der Waals surface area contributed by atoms with Crippen LogP contribution in [0.4, 0.5) is 0 Å². The van der Waals surface area contributed by atoms with E-state index in [0.717, 1.165) is 13.0 Å². The molecule has 0 aromatic carbocycles. The second-order valence-corrected chi connectivity index (χ2v) is 6.75. The van der Waals surface area contributed by atoms with E-state index in [1.807, 2.05) is 6.92 Å². The van der Waals surface area contributed by atoms with Crippen LogP contribution in [0.1, 0.15) is 13.3 Å². The van der Waals surface area contributed by atoms with Gasteiger partial charge in [0.05, 0.1) is 0 Å². The average Bonchev–Trinajstić information content (AvgIpc) is 2.73. The van der Waals surface area contributed by atoms with Crippen molar-refractivity contribution in [2.24, 2.45) is 7.05 Å². The van der Waals surface area contributed by atoms with Gasteiger partial charge in [-0.25, -0.2) is 17.8 Å². The summed E-state index contributed by atoms with van der Waals surface area (Å²) in [4.78, 5) is 0. The molecular formula is C8H14BrN5O2S. The summed E-state index contributed by atoms with van der Waals surface area (Å²) >= 11 is 3.09. The van der Waals surface area contributed by atoms with Crippen LogP contribution in [0.5, 0.6) is 0 Å². The van der Waals surface area contributed by atoms with Gasteiger partial charge < -0.3 is 5.32 Å². The van der Waals surface area contributed by atoms with Crippen molar-refractivity contribution in [3.63, 3.8) is 0 Å². The molecule has 1 aliphatic heterocycles. The first-order valence-electron chi connectivity index (χ1n) is 5.14. The number of rotatable bonds is 3. The fourth-order valence-electron chi connectivity index (χ4n) is 1.88. The minimum atomic E-state index is -3.62. The predicted octanol–water partition coefficient (Wildman–Crippen LogP) is -0.392. The molecule has 2 heterocycles. The summed E-state index contributed by atoms with van der Waals surface area (Å²) in [6.45, 7) is 3.31. The fourth-order valence-corrected chi connectivity index (χ4v) is 4.42. The summed E-state index contributed by atoms with van der Waals surface area (Å²) < 4.78 is 28.6. The number of halogens is 1. The number of aryl methyl sites for hydroxylation is 1. The molecule has 0 amide bonds. The summed E-state index contributed by atoms with van der Waals surface area (Å²) in [6, 6.07) is 0. The smallest absolute Gasteiger partial charge is 0.261 e. The van der Waals surface area contributed by atoms with Crippen LogP contribution in [0.2, 0.25) is 0 Å². The lowest BCUT2D eigenvalue weighted by molar-refractivity contribution is 0.447. The zero-order valence-electron chi connectivity index (χ0n) is 9.57. The highest BCUT2D eigenvalue weighted by Gasteiger charge is 2.36. The van der Waals surface area contributed by atoms with Crippen molar-refractivity contribution >= 4 is 26.0 Å². The lowest BCUT2D eigenvalue weighted by atomic mass is 10.0. The van der Waals surface area contributed by atoms with Gasteiger partial charge in [-0.05, 0) is 35.8 Å². The lowest BCUT2D eigenvalue weighted by Gasteiger charge is -2.23. The summed E-state index contributed by atoms with van der Waals surface area (Å²) in [5, 5.41) is 10.5. The topological polar surface area (TPSA) is 88.9 Å². The maximum absolute atomic E-state index is 12.2. The molecule has 17 heavy (non-hydrogen) atoms. The molecule has 9 heteroatoms. The van der Waals surface area contributed by atoms with Gasteiger partial charge in [0.2, 0.25) is 5.03 Å². The Labute approximate surface area is 108 Å². The van der Waals surface area contributed by atoms with Crippen LogP contribution in [0, 0.1) is 0 Å². The molecule has 0 aliphatic carbocycles. The minimum absolute atomic E-state index is 0.0469. The highest BCUT2D eigenvalue weighted by atomic mass is 79.9. The molecule has 1 aromatic rings. The van der Waals surface area contributed by atoms with Crippen LogP contribution in [0.3, 0.4) is 0 Å². The van der Waals surface area contributed by atoms with Crippen molar-refractivity contribution in [3.8, 4) is 0 Å². The third kappa shape index (κ3) is 2.51. The second-order valence-electron chi connectivity index (χ2n) is 4.40. The third-order valence-electron chi connectivity index (χ3n) is 2.74. The number of aromatic nitrogens is 3. The molecule has 0 spiro atoms. The van der Waals surface area contributed by atoms with Crippen molar-refractivity contribution in [3.05, 3.63) is 4.60 Å². The van der Waals surface area contributed by atoms with Gasteiger partial charge >= 0.3 is 0 Å². The molecule has 7 nitrogen and oxygen atoms in total. The van der Waals surface area contributed by atoms with Crippen LogP contribution in [-0.4, -0.2) is 42.0 Å². The molecule has 0 bridgehead atoms. The number of hydrogen-bond acceptors (Lipinski definition) is 5. The first-order chi connectivity index (χ1) is 7.84. The quantitative estimate of drug-likeness (QED) is 0.790. The first kappa shape index (κ1) is 12.9. The Morgan fingerprint density at radius 3 is 2.76 bits per heavy atom. The number of nitrogens with zero attached hydrogens (tertiary/aromatic N) is 3. The minimum Gasteiger partial charge on any atom is -0.315 e. The van der Waals surface area contributed by atoms with Gasteiger partial charge in [-0.15, -0.1) is 5.10 Å². The zero-order valence-corrected chi connectivity index (χ0v) is 12.0. The summed E-state index contributed by atoms with van der Waals surface area (Å²) in [6.07, 6.45) is 0.759. The van der Waals surface area contributed by atoms with Gasteiger partial charge in [-0.1, -0.05) is 5.21 Å². The van der Waals surface area contributed by atoms with E-state index in [2.05, 4.69) is 36.3 Å². The Morgan fingerprint density at radius 1 is 1.59 bits per heavy atom. The van der Waals surface area contributed by atoms with Crippen molar-refractivity contribution in [2.45, 2.75) is 23.9 Å². The van der Waals surface area contributed by atoms with Crippen molar-refractivity contribution < 1.29 is 8.42 Å². The maximum atomic E-state index is 12.2. The molecular weight excluding hydrogens is 310 g/mol. The van der Waals surface area contributed by atoms with Gasteiger partial charge in [0.25, 0.3) is 10.0 Å². The van der Waals surface area contributed by atoms with E-state index >= 15 is 0 Å². The van der Waals surface area contributed by atoms with Crippen LogP contribution in [0.15, 0.2) is 9.63 Å². The number of sulfonamides is 1. The van der Waals surface area contributed by atoms with Gasteiger partial charge in [-0.2, -0.15) is 0 Å². The van der Waals surface area contributed by atoms with Crippen molar-refractivity contribution in [1.82, 2.24) is 25.0 Å². The fraction of sp³-hybridized carbons (Fsp3) is 0.750. The van der Waals surface area contributed by atoms with Crippen molar-refractivity contribution in [1.29, 1.82) is 0 Å². The van der Waals surface area contributed by atoms with E-state index in [1.54, 1.807) is 7.05 Å².